The van der Waals surface area contributed by atoms with Crippen LogP contribution in [-0.2, 0) is 6.42 Å². The summed E-state index contributed by atoms with van der Waals surface area (Å²) in [4.78, 5) is 9.80. The van der Waals surface area contributed by atoms with E-state index in [1.165, 1.54) is 0 Å². The van der Waals surface area contributed by atoms with Crippen molar-refractivity contribution >= 4 is 29.2 Å². The zero-order chi connectivity index (χ0) is 13.2. The first kappa shape index (κ1) is 13.5. The number of aromatic nitrogens is 2. The average molecular weight is 300 g/mol. The number of rotatable bonds is 3. The quantitative estimate of drug-likeness (QED) is 0.841. The Morgan fingerprint density at radius 1 is 1.37 bits per heavy atom. The fourth-order valence-corrected chi connectivity index (χ4v) is 4.16. The topological polar surface area (TPSA) is 58.0 Å². The van der Waals surface area contributed by atoms with E-state index in [2.05, 4.69) is 15.3 Å². The number of hydrogen-bond acceptors (Lipinski definition) is 5. The molecule has 6 heteroatoms. The minimum Gasteiger partial charge on any atom is -0.396 e. The maximum atomic E-state index is 9.30. The predicted octanol–water partition coefficient (Wildman–Crippen LogP) is 2.74. The molecule has 1 fully saturated rings. The van der Waals surface area contributed by atoms with Gasteiger partial charge in [-0.15, -0.1) is 11.8 Å². The molecule has 2 aliphatic rings. The molecule has 1 aliphatic heterocycles. The summed E-state index contributed by atoms with van der Waals surface area (Å²) in [5, 5.41) is 13.1. The van der Waals surface area contributed by atoms with Crippen LogP contribution in [0.2, 0.25) is 5.28 Å². The fourth-order valence-electron chi connectivity index (χ4n) is 2.92. The molecule has 2 N–H and O–H groups in total. The van der Waals surface area contributed by atoms with Crippen LogP contribution in [0.1, 0.15) is 31.4 Å². The van der Waals surface area contributed by atoms with Crippen molar-refractivity contribution in [1.29, 1.82) is 0 Å². The molecule has 2 heterocycles. The molecule has 3 rings (SSSR count). The number of nitrogens with one attached hydrogen (secondary N) is 1. The molecule has 1 aromatic heterocycles. The molecule has 1 aliphatic carbocycles. The maximum absolute atomic E-state index is 9.30. The lowest BCUT2D eigenvalue weighted by Gasteiger charge is -2.29. The zero-order valence-corrected chi connectivity index (χ0v) is 12.3. The molecule has 0 bridgehead atoms. The van der Waals surface area contributed by atoms with E-state index in [1.54, 1.807) is 11.8 Å². The van der Waals surface area contributed by atoms with E-state index in [0.717, 1.165) is 54.3 Å². The monoisotopic (exact) mass is 299 g/mol. The van der Waals surface area contributed by atoms with Gasteiger partial charge in [-0.2, -0.15) is 4.98 Å². The molecule has 0 spiro atoms. The molecular formula is C13H18ClN3OS. The molecule has 19 heavy (non-hydrogen) atoms. The van der Waals surface area contributed by atoms with Gasteiger partial charge in [0, 0.05) is 24.8 Å². The van der Waals surface area contributed by atoms with Crippen molar-refractivity contribution in [3.8, 4) is 0 Å². The normalized spacial score (nSPS) is 26.2. The highest BCUT2D eigenvalue weighted by molar-refractivity contribution is 7.99. The number of nitrogens with zero attached hydrogens (tertiary/aromatic N) is 2. The van der Waals surface area contributed by atoms with Gasteiger partial charge in [0.05, 0.1) is 10.6 Å². The lowest BCUT2D eigenvalue weighted by atomic mass is 9.86. The van der Waals surface area contributed by atoms with Gasteiger partial charge in [0.2, 0.25) is 5.28 Å². The number of aliphatic hydroxyl groups is 1. The van der Waals surface area contributed by atoms with Gasteiger partial charge in [0.1, 0.15) is 5.82 Å². The van der Waals surface area contributed by atoms with E-state index in [4.69, 9.17) is 11.6 Å². The van der Waals surface area contributed by atoms with Crippen molar-refractivity contribution in [3.63, 3.8) is 0 Å². The van der Waals surface area contributed by atoms with Gasteiger partial charge < -0.3 is 10.4 Å². The summed E-state index contributed by atoms with van der Waals surface area (Å²) in [6.45, 7) is 0.287. The van der Waals surface area contributed by atoms with E-state index in [9.17, 15) is 5.11 Å². The number of aryl methyl sites for hydroxylation is 1. The van der Waals surface area contributed by atoms with Crippen molar-refractivity contribution in [3.05, 3.63) is 11.0 Å². The van der Waals surface area contributed by atoms with Gasteiger partial charge in [0.25, 0.3) is 0 Å². The Morgan fingerprint density at radius 2 is 2.26 bits per heavy atom. The molecule has 4 nitrogen and oxygen atoms in total. The second kappa shape index (κ2) is 5.85. The standard InChI is InChI=1S/C13H18ClN3OS/c14-13-16-10-4-5-19-11(10)12(17-13)15-9-3-1-2-8(6-9)7-18/h8-9,18H,1-7H2,(H,15,16,17). The number of halogens is 1. The van der Waals surface area contributed by atoms with E-state index in [0.29, 0.717) is 17.2 Å². The van der Waals surface area contributed by atoms with E-state index >= 15 is 0 Å². The summed E-state index contributed by atoms with van der Waals surface area (Å²) < 4.78 is 0. The molecule has 0 saturated heterocycles. The van der Waals surface area contributed by atoms with Crippen LogP contribution in [0.15, 0.2) is 4.90 Å². The van der Waals surface area contributed by atoms with E-state index in [-0.39, 0.29) is 6.61 Å². The van der Waals surface area contributed by atoms with Crippen LogP contribution in [0.25, 0.3) is 0 Å². The molecule has 1 saturated carbocycles. The summed E-state index contributed by atoms with van der Waals surface area (Å²) >= 11 is 7.79. The lowest BCUT2D eigenvalue weighted by Crippen LogP contribution is -2.29. The van der Waals surface area contributed by atoms with E-state index < -0.39 is 0 Å². The molecule has 2 unspecified atom stereocenters. The van der Waals surface area contributed by atoms with Crippen LogP contribution in [0, 0.1) is 5.92 Å². The van der Waals surface area contributed by atoms with Gasteiger partial charge in [-0.05, 0) is 36.8 Å². The fraction of sp³-hybridized carbons (Fsp3) is 0.692. The first-order chi connectivity index (χ1) is 9.26. The lowest BCUT2D eigenvalue weighted by molar-refractivity contribution is 0.184. The van der Waals surface area contributed by atoms with Gasteiger partial charge >= 0.3 is 0 Å². The third kappa shape index (κ3) is 2.98. The van der Waals surface area contributed by atoms with Gasteiger partial charge in [0.15, 0.2) is 0 Å². The van der Waals surface area contributed by atoms with Crippen LogP contribution in [0.3, 0.4) is 0 Å². The molecule has 104 valence electrons. The van der Waals surface area contributed by atoms with Crippen molar-refractivity contribution in [2.45, 2.75) is 43.0 Å². The Bertz CT molecular complexity index is 471. The van der Waals surface area contributed by atoms with Gasteiger partial charge in [-0.25, -0.2) is 4.98 Å². The summed E-state index contributed by atoms with van der Waals surface area (Å²) in [5.74, 6) is 2.37. The minimum atomic E-state index is 0.287. The first-order valence-electron chi connectivity index (χ1n) is 6.83. The highest BCUT2D eigenvalue weighted by Gasteiger charge is 2.25. The van der Waals surface area contributed by atoms with Crippen molar-refractivity contribution in [2.75, 3.05) is 17.7 Å². The first-order valence-corrected chi connectivity index (χ1v) is 8.19. The maximum Gasteiger partial charge on any atom is 0.224 e. The van der Waals surface area contributed by atoms with Crippen LogP contribution in [0.5, 0.6) is 0 Å². The molecule has 1 aromatic rings. The van der Waals surface area contributed by atoms with Crippen molar-refractivity contribution in [1.82, 2.24) is 9.97 Å². The highest BCUT2D eigenvalue weighted by atomic mass is 35.5. The average Bonchev–Trinajstić information content (AvgIpc) is 2.87. The smallest absolute Gasteiger partial charge is 0.224 e. The molecular weight excluding hydrogens is 282 g/mol. The molecule has 2 atom stereocenters. The summed E-state index contributed by atoms with van der Waals surface area (Å²) in [6.07, 6.45) is 5.42. The molecule has 0 amide bonds. The number of anilines is 1. The van der Waals surface area contributed by atoms with E-state index in [1.807, 2.05) is 0 Å². The second-order valence-electron chi connectivity index (χ2n) is 5.27. The number of aliphatic hydroxyl groups excluding tert-OH is 1. The Hall–Kier alpha value is -0.520. The molecule has 0 radical (unpaired) electrons. The third-order valence-electron chi connectivity index (χ3n) is 3.88. The zero-order valence-electron chi connectivity index (χ0n) is 10.7. The Morgan fingerprint density at radius 3 is 3.11 bits per heavy atom. The molecule has 0 aromatic carbocycles. The third-order valence-corrected chi connectivity index (χ3v) is 5.17. The number of fused-ring (bicyclic) bond motifs is 1. The second-order valence-corrected chi connectivity index (χ2v) is 6.72. The Kier molecular flexibility index (Phi) is 4.15. The predicted molar refractivity (Wildman–Crippen MR) is 77.9 cm³/mol. The van der Waals surface area contributed by atoms with Crippen molar-refractivity contribution < 1.29 is 5.11 Å². The largest absolute Gasteiger partial charge is 0.396 e. The van der Waals surface area contributed by atoms with Gasteiger partial charge in [-0.1, -0.05) is 6.42 Å². The van der Waals surface area contributed by atoms with Gasteiger partial charge in [-0.3, -0.25) is 0 Å². The number of hydrogen-bond donors (Lipinski definition) is 2. The Labute approximate surface area is 122 Å². The van der Waals surface area contributed by atoms with Crippen LogP contribution in [0.4, 0.5) is 5.82 Å². The summed E-state index contributed by atoms with van der Waals surface area (Å²) in [6, 6.07) is 0.391. The van der Waals surface area contributed by atoms with Crippen molar-refractivity contribution in [2.24, 2.45) is 5.92 Å². The SMILES string of the molecule is OCC1CCCC(Nc2nc(Cl)nc3c2SCC3)C1. The number of thioether (sulfide) groups is 1. The highest BCUT2D eigenvalue weighted by Crippen LogP contribution is 2.37. The van der Waals surface area contributed by atoms with Crippen LogP contribution < -0.4 is 5.32 Å². The minimum absolute atomic E-state index is 0.287. The van der Waals surface area contributed by atoms with Crippen LogP contribution >= 0.6 is 23.4 Å². The van der Waals surface area contributed by atoms with Crippen LogP contribution in [-0.4, -0.2) is 33.5 Å². The Balaban J connectivity index is 1.76. The summed E-state index contributed by atoms with van der Waals surface area (Å²) in [5.41, 5.74) is 1.07. The summed E-state index contributed by atoms with van der Waals surface area (Å²) in [7, 11) is 0.